The van der Waals surface area contributed by atoms with Crippen LogP contribution in [0.25, 0.3) is 0 Å². The smallest absolute Gasteiger partial charge is 0.0361 e. The monoisotopic (exact) mass is 262 g/mol. The van der Waals surface area contributed by atoms with Crippen LogP contribution in [0.2, 0.25) is 0 Å². The Balaban J connectivity index is 1.81. The summed E-state index contributed by atoms with van der Waals surface area (Å²) >= 11 is 1.77. The van der Waals surface area contributed by atoms with Crippen LogP contribution in [0.1, 0.15) is 31.5 Å². The molecule has 1 unspecified atom stereocenters. The van der Waals surface area contributed by atoms with Crippen LogP contribution < -0.4 is 5.32 Å². The zero-order chi connectivity index (χ0) is 12.8. The molecule has 0 amide bonds. The minimum atomic E-state index is 0.518. The zero-order valence-electron chi connectivity index (χ0n) is 11.2. The highest BCUT2D eigenvalue weighted by Gasteiger charge is 2.05. The molecule has 18 heavy (non-hydrogen) atoms. The van der Waals surface area contributed by atoms with Crippen LogP contribution in [0, 0.1) is 0 Å². The van der Waals surface area contributed by atoms with Crippen LogP contribution in [0.15, 0.2) is 35.2 Å². The maximum atomic E-state index is 3.61. The highest BCUT2D eigenvalue weighted by molar-refractivity contribution is 7.07. The van der Waals surface area contributed by atoms with Crippen LogP contribution in [-0.2, 0) is 19.5 Å². The number of rotatable bonds is 7. The van der Waals surface area contributed by atoms with Crippen molar-refractivity contribution in [1.82, 2.24) is 9.88 Å². The Kier molecular flexibility index (Phi) is 5.02. The Morgan fingerprint density at radius 1 is 1.39 bits per heavy atom. The van der Waals surface area contributed by atoms with E-state index >= 15 is 0 Å². The summed E-state index contributed by atoms with van der Waals surface area (Å²) in [6.45, 7) is 6.54. The lowest BCUT2D eigenvalue weighted by molar-refractivity contribution is 0.522. The quantitative estimate of drug-likeness (QED) is 0.805. The topological polar surface area (TPSA) is 17.0 Å². The summed E-state index contributed by atoms with van der Waals surface area (Å²) in [5.74, 6) is 0. The molecule has 0 radical (unpaired) electrons. The molecular formula is C15H22N2S. The van der Waals surface area contributed by atoms with Crippen LogP contribution in [0.4, 0.5) is 0 Å². The summed E-state index contributed by atoms with van der Waals surface area (Å²) in [5, 5.41) is 7.99. The van der Waals surface area contributed by atoms with Gasteiger partial charge in [0.05, 0.1) is 0 Å². The molecule has 1 atom stereocenters. The SMILES string of the molecule is CCCn1cccc1CNC(C)Cc1ccsc1. The van der Waals surface area contributed by atoms with Crippen molar-refractivity contribution >= 4 is 11.3 Å². The van der Waals surface area contributed by atoms with E-state index in [9.17, 15) is 0 Å². The van der Waals surface area contributed by atoms with Gasteiger partial charge in [-0.3, -0.25) is 0 Å². The largest absolute Gasteiger partial charge is 0.350 e. The Morgan fingerprint density at radius 2 is 2.28 bits per heavy atom. The van der Waals surface area contributed by atoms with Gasteiger partial charge in [-0.1, -0.05) is 6.92 Å². The molecule has 0 saturated heterocycles. The Morgan fingerprint density at radius 3 is 3.00 bits per heavy atom. The molecule has 0 spiro atoms. The van der Waals surface area contributed by atoms with Crippen LogP contribution >= 0.6 is 11.3 Å². The first-order chi connectivity index (χ1) is 8.79. The highest BCUT2D eigenvalue weighted by atomic mass is 32.1. The van der Waals surface area contributed by atoms with E-state index in [-0.39, 0.29) is 0 Å². The summed E-state index contributed by atoms with van der Waals surface area (Å²) in [6, 6.07) is 7.07. The van der Waals surface area contributed by atoms with Crippen molar-refractivity contribution in [1.29, 1.82) is 0 Å². The number of hydrogen-bond donors (Lipinski definition) is 1. The van der Waals surface area contributed by atoms with Crippen LogP contribution in [-0.4, -0.2) is 10.6 Å². The van der Waals surface area contributed by atoms with Crippen molar-refractivity contribution in [2.75, 3.05) is 0 Å². The van der Waals surface area contributed by atoms with E-state index < -0.39 is 0 Å². The lowest BCUT2D eigenvalue weighted by atomic mass is 10.1. The van der Waals surface area contributed by atoms with Gasteiger partial charge in [-0.15, -0.1) is 0 Å². The molecule has 3 heteroatoms. The Hall–Kier alpha value is -1.06. The third-order valence-corrected chi connectivity index (χ3v) is 3.87. The molecule has 0 bridgehead atoms. The van der Waals surface area contributed by atoms with Gasteiger partial charge in [0.15, 0.2) is 0 Å². The van der Waals surface area contributed by atoms with Crippen molar-refractivity contribution in [2.45, 2.75) is 45.8 Å². The van der Waals surface area contributed by atoms with E-state index in [1.807, 2.05) is 0 Å². The fourth-order valence-corrected chi connectivity index (χ4v) is 2.86. The second-order valence-corrected chi connectivity index (χ2v) is 5.59. The van der Waals surface area contributed by atoms with Crippen LogP contribution in [0.3, 0.4) is 0 Å². The van der Waals surface area contributed by atoms with Crippen molar-refractivity contribution in [3.05, 3.63) is 46.4 Å². The maximum Gasteiger partial charge on any atom is 0.0361 e. The molecule has 0 aromatic carbocycles. The summed E-state index contributed by atoms with van der Waals surface area (Å²) in [4.78, 5) is 0. The Labute approximate surface area is 114 Å². The fourth-order valence-electron chi connectivity index (χ4n) is 2.18. The van der Waals surface area contributed by atoms with Gasteiger partial charge in [0.2, 0.25) is 0 Å². The van der Waals surface area contributed by atoms with Crippen molar-refractivity contribution in [3.8, 4) is 0 Å². The standard InChI is InChI=1S/C15H22N2S/c1-3-7-17-8-4-5-15(17)11-16-13(2)10-14-6-9-18-12-14/h4-6,8-9,12-13,16H,3,7,10-11H2,1-2H3. The Bertz CT molecular complexity index is 445. The fraction of sp³-hybridized carbons (Fsp3) is 0.467. The molecule has 2 aromatic rings. The van der Waals surface area contributed by atoms with Crippen LogP contribution in [0.5, 0.6) is 0 Å². The molecule has 2 aromatic heterocycles. The molecule has 2 nitrogen and oxygen atoms in total. The number of thiophene rings is 1. The third kappa shape index (κ3) is 3.72. The van der Waals surface area contributed by atoms with Gasteiger partial charge in [0.1, 0.15) is 0 Å². The second kappa shape index (κ2) is 6.76. The van der Waals surface area contributed by atoms with E-state index in [0.29, 0.717) is 6.04 Å². The molecule has 0 aliphatic heterocycles. The maximum absolute atomic E-state index is 3.61. The van der Waals surface area contributed by atoms with Crippen molar-refractivity contribution in [3.63, 3.8) is 0 Å². The van der Waals surface area contributed by atoms with Crippen molar-refractivity contribution in [2.24, 2.45) is 0 Å². The van der Waals surface area contributed by atoms with Gasteiger partial charge in [-0.05, 0) is 54.3 Å². The first kappa shape index (κ1) is 13.4. The predicted molar refractivity (Wildman–Crippen MR) is 79.0 cm³/mol. The summed E-state index contributed by atoms with van der Waals surface area (Å²) in [6.07, 6.45) is 4.47. The number of nitrogens with zero attached hydrogens (tertiary/aromatic N) is 1. The highest BCUT2D eigenvalue weighted by Crippen LogP contribution is 2.09. The molecule has 0 aliphatic carbocycles. The minimum Gasteiger partial charge on any atom is -0.350 e. The number of hydrogen-bond acceptors (Lipinski definition) is 2. The molecule has 2 rings (SSSR count). The van der Waals surface area contributed by atoms with Gasteiger partial charge in [-0.2, -0.15) is 11.3 Å². The number of aryl methyl sites for hydroxylation is 1. The molecule has 0 saturated carbocycles. The zero-order valence-corrected chi connectivity index (χ0v) is 12.0. The van der Waals surface area contributed by atoms with Gasteiger partial charge in [0, 0.05) is 31.0 Å². The third-order valence-electron chi connectivity index (χ3n) is 3.14. The lowest BCUT2D eigenvalue weighted by Gasteiger charge is -2.14. The average Bonchev–Trinajstić information content (AvgIpc) is 2.99. The average molecular weight is 262 g/mol. The molecule has 0 fully saturated rings. The normalized spacial score (nSPS) is 12.8. The van der Waals surface area contributed by atoms with E-state index in [2.05, 4.69) is 58.9 Å². The second-order valence-electron chi connectivity index (χ2n) is 4.81. The molecular weight excluding hydrogens is 240 g/mol. The summed E-state index contributed by atoms with van der Waals surface area (Å²) in [5.41, 5.74) is 2.82. The van der Waals surface area contributed by atoms with E-state index in [4.69, 9.17) is 0 Å². The molecule has 1 N–H and O–H groups in total. The number of aromatic nitrogens is 1. The lowest BCUT2D eigenvalue weighted by Crippen LogP contribution is -2.28. The van der Waals surface area contributed by atoms with E-state index in [0.717, 1.165) is 19.5 Å². The molecule has 0 aliphatic rings. The molecule has 2 heterocycles. The summed E-state index contributed by atoms with van der Waals surface area (Å²) < 4.78 is 2.34. The number of nitrogens with one attached hydrogen (secondary N) is 1. The first-order valence-corrected chi connectivity index (χ1v) is 7.62. The minimum absolute atomic E-state index is 0.518. The van der Waals surface area contributed by atoms with Gasteiger partial charge in [-0.25, -0.2) is 0 Å². The predicted octanol–water partition coefficient (Wildman–Crippen LogP) is 3.68. The van der Waals surface area contributed by atoms with Crippen molar-refractivity contribution < 1.29 is 0 Å². The van der Waals surface area contributed by atoms with Gasteiger partial charge < -0.3 is 9.88 Å². The van der Waals surface area contributed by atoms with Gasteiger partial charge >= 0.3 is 0 Å². The first-order valence-electron chi connectivity index (χ1n) is 6.68. The van der Waals surface area contributed by atoms with E-state index in [1.54, 1.807) is 11.3 Å². The molecule has 98 valence electrons. The summed E-state index contributed by atoms with van der Waals surface area (Å²) in [7, 11) is 0. The van der Waals surface area contributed by atoms with E-state index in [1.165, 1.54) is 17.7 Å². The van der Waals surface area contributed by atoms with Gasteiger partial charge in [0.25, 0.3) is 0 Å².